The molecule has 0 aliphatic heterocycles. The Morgan fingerprint density at radius 2 is 0.615 bits per heavy atom. The van der Waals surface area contributed by atoms with Crippen molar-refractivity contribution >= 4 is 17.9 Å². The lowest BCUT2D eigenvalue weighted by molar-refractivity contribution is -0.167. The normalized spacial score (nSPS) is 13.1. The molecule has 0 aromatic heterocycles. The van der Waals surface area contributed by atoms with Crippen LogP contribution in [0.2, 0.25) is 0 Å². The minimum Gasteiger partial charge on any atom is -0.462 e. The number of allylic oxidation sites excluding steroid dienone is 20. The first-order valence-corrected chi connectivity index (χ1v) is 26.0. The standard InChI is InChI=1S/C59H94O6/c1-4-7-10-13-16-19-22-24-26-28-29-31-32-34-37-40-43-46-49-52-58(61)64-55-56(54-63-57(60)51-48-45-42-39-36-21-18-15-12-9-6-3)65-59(62)53-50-47-44-41-38-35-33-30-27-25-23-20-17-14-11-8-5-2/h7,9-10,12,16,18-19,21,24-27,29,31,33,35,39,41-42,44,56H,4-6,8,11,13-15,17,20,22-23,28,30,32,34,36-38,40,43,45-55H2,1-3H3/b10-7-,12-9-,19-16-,21-18-,26-24-,27-25-,31-29-,35-33-,42-39-,44-41-. The average molecular weight is 899 g/mol. The van der Waals surface area contributed by atoms with E-state index in [2.05, 4.69) is 142 Å². The molecule has 0 spiro atoms. The van der Waals surface area contributed by atoms with E-state index in [-0.39, 0.29) is 44.0 Å². The smallest absolute Gasteiger partial charge is 0.306 e. The highest BCUT2D eigenvalue weighted by molar-refractivity contribution is 5.71. The molecule has 366 valence electrons. The molecule has 0 saturated heterocycles. The van der Waals surface area contributed by atoms with Crippen molar-refractivity contribution < 1.29 is 28.6 Å². The maximum atomic E-state index is 12.8. The zero-order valence-corrected chi connectivity index (χ0v) is 41.7. The summed E-state index contributed by atoms with van der Waals surface area (Å²) in [6.07, 6.45) is 72.0. The minimum atomic E-state index is -0.833. The van der Waals surface area contributed by atoms with Crippen molar-refractivity contribution in [1.29, 1.82) is 0 Å². The van der Waals surface area contributed by atoms with Crippen LogP contribution in [0.1, 0.15) is 213 Å². The number of hydrogen-bond acceptors (Lipinski definition) is 6. The molecule has 0 aromatic carbocycles. The van der Waals surface area contributed by atoms with Gasteiger partial charge in [0.1, 0.15) is 13.2 Å². The van der Waals surface area contributed by atoms with E-state index < -0.39 is 6.10 Å². The largest absolute Gasteiger partial charge is 0.462 e. The molecule has 6 heteroatoms. The van der Waals surface area contributed by atoms with Gasteiger partial charge in [0.2, 0.25) is 0 Å². The summed E-state index contributed by atoms with van der Waals surface area (Å²) in [5, 5.41) is 0. The SMILES string of the molecule is CC/C=C\C/C=C\C/C=C\C/C=C\CCCCCCCCC(=O)OCC(COC(=O)CCC/C=C\C/C=C\C/C=C\CC)OC(=O)CCC/C=C\C/C=C\C/C=C\CCCCCCCC. The Hall–Kier alpha value is -4.19. The lowest BCUT2D eigenvalue weighted by Gasteiger charge is -2.18. The molecule has 0 aliphatic rings. The Morgan fingerprint density at radius 3 is 1.00 bits per heavy atom. The topological polar surface area (TPSA) is 78.9 Å². The molecule has 0 aromatic rings. The van der Waals surface area contributed by atoms with Gasteiger partial charge in [-0.1, -0.05) is 200 Å². The number of esters is 3. The Morgan fingerprint density at radius 1 is 0.323 bits per heavy atom. The van der Waals surface area contributed by atoms with Crippen LogP contribution in [0, 0.1) is 0 Å². The number of carbonyl (C=O) groups is 3. The van der Waals surface area contributed by atoms with E-state index in [1.807, 2.05) is 0 Å². The molecule has 0 saturated carbocycles. The highest BCUT2D eigenvalue weighted by atomic mass is 16.6. The fraction of sp³-hybridized carbons (Fsp3) is 0.610. The van der Waals surface area contributed by atoms with Crippen LogP contribution in [-0.4, -0.2) is 37.2 Å². The predicted octanol–water partition coefficient (Wildman–Crippen LogP) is 17.3. The van der Waals surface area contributed by atoms with Gasteiger partial charge in [0, 0.05) is 19.3 Å². The third-order valence-corrected chi connectivity index (χ3v) is 10.4. The summed E-state index contributed by atoms with van der Waals surface area (Å²) in [5.41, 5.74) is 0. The zero-order chi connectivity index (χ0) is 47.2. The maximum Gasteiger partial charge on any atom is 0.306 e. The van der Waals surface area contributed by atoms with Crippen molar-refractivity contribution in [3.63, 3.8) is 0 Å². The molecule has 0 N–H and O–H groups in total. The summed E-state index contributed by atoms with van der Waals surface area (Å²) < 4.78 is 16.7. The zero-order valence-electron chi connectivity index (χ0n) is 41.7. The summed E-state index contributed by atoms with van der Waals surface area (Å²) in [5.74, 6) is -1.06. The van der Waals surface area contributed by atoms with E-state index in [9.17, 15) is 14.4 Å². The second-order valence-corrected chi connectivity index (χ2v) is 16.7. The highest BCUT2D eigenvalue weighted by Crippen LogP contribution is 2.12. The van der Waals surface area contributed by atoms with Crippen molar-refractivity contribution in [2.75, 3.05) is 13.2 Å². The van der Waals surface area contributed by atoms with Crippen LogP contribution in [-0.2, 0) is 28.6 Å². The Kier molecular flexibility index (Phi) is 49.1. The van der Waals surface area contributed by atoms with Gasteiger partial charge in [-0.15, -0.1) is 0 Å². The number of rotatable bonds is 45. The molecule has 65 heavy (non-hydrogen) atoms. The van der Waals surface area contributed by atoms with Gasteiger partial charge >= 0.3 is 17.9 Å². The molecule has 0 fully saturated rings. The Balaban J connectivity index is 4.52. The second kappa shape index (κ2) is 52.4. The fourth-order valence-electron chi connectivity index (χ4n) is 6.59. The molecule has 0 rings (SSSR count). The van der Waals surface area contributed by atoms with E-state index in [1.165, 1.54) is 57.8 Å². The quantitative estimate of drug-likeness (QED) is 0.0262. The summed E-state index contributed by atoms with van der Waals surface area (Å²) in [4.78, 5) is 37.9. The molecule has 0 heterocycles. The monoisotopic (exact) mass is 899 g/mol. The van der Waals surface area contributed by atoms with E-state index in [1.54, 1.807) is 0 Å². The lowest BCUT2D eigenvalue weighted by atomic mass is 10.1. The van der Waals surface area contributed by atoms with Crippen LogP contribution in [0.5, 0.6) is 0 Å². The minimum absolute atomic E-state index is 0.125. The van der Waals surface area contributed by atoms with Crippen LogP contribution >= 0.6 is 0 Å². The van der Waals surface area contributed by atoms with Crippen LogP contribution < -0.4 is 0 Å². The Labute approximate surface area is 399 Å². The van der Waals surface area contributed by atoms with Gasteiger partial charge in [-0.25, -0.2) is 0 Å². The second-order valence-electron chi connectivity index (χ2n) is 16.7. The van der Waals surface area contributed by atoms with Crippen LogP contribution in [0.25, 0.3) is 0 Å². The number of ether oxygens (including phenoxy) is 3. The van der Waals surface area contributed by atoms with Crippen molar-refractivity contribution in [3.8, 4) is 0 Å². The summed E-state index contributed by atoms with van der Waals surface area (Å²) in [7, 11) is 0. The molecule has 6 nitrogen and oxygen atoms in total. The summed E-state index contributed by atoms with van der Waals surface area (Å²) >= 11 is 0. The average Bonchev–Trinajstić information content (AvgIpc) is 3.30. The maximum absolute atomic E-state index is 12.8. The van der Waals surface area contributed by atoms with E-state index in [4.69, 9.17) is 14.2 Å². The van der Waals surface area contributed by atoms with Gasteiger partial charge < -0.3 is 14.2 Å². The molecule has 0 radical (unpaired) electrons. The van der Waals surface area contributed by atoms with Gasteiger partial charge in [0.25, 0.3) is 0 Å². The Bertz CT molecular complexity index is 1400. The molecule has 1 unspecified atom stereocenters. The van der Waals surface area contributed by atoms with Gasteiger partial charge in [0.15, 0.2) is 6.10 Å². The van der Waals surface area contributed by atoms with E-state index >= 15 is 0 Å². The van der Waals surface area contributed by atoms with Crippen molar-refractivity contribution in [2.45, 2.75) is 219 Å². The third-order valence-electron chi connectivity index (χ3n) is 10.4. The number of unbranched alkanes of at least 4 members (excludes halogenated alkanes) is 14. The predicted molar refractivity (Wildman–Crippen MR) is 279 cm³/mol. The molecule has 1 atom stereocenters. The molecular formula is C59H94O6. The summed E-state index contributed by atoms with van der Waals surface area (Å²) in [6, 6.07) is 0. The van der Waals surface area contributed by atoms with E-state index in [0.717, 1.165) is 103 Å². The van der Waals surface area contributed by atoms with Crippen molar-refractivity contribution in [3.05, 3.63) is 122 Å². The molecule has 0 bridgehead atoms. The highest BCUT2D eigenvalue weighted by Gasteiger charge is 2.19. The van der Waals surface area contributed by atoms with Gasteiger partial charge in [-0.05, 0) is 116 Å². The van der Waals surface area contributed by atoms with Gasteiger partial charge in [-0.3, -0.25) is 14.4 Å². The lowest BCUT2D eigenvalue weighted by Crippen LogP contribution is -2.30. The van der Waals surface area contributed by atoms with Crippen molar-refractivity contribution in [2.24, 2.45) is 0 Å². The number of carbonyl (C=O) groups excluding carboxylic acids is 3. The summed E-state index contributed by atoms with van der Waals surface area (Å²) in [6.45, 7) is 6.28. The molecule has 0 aliphatic carbocycles. The van der Waals surface area contributed by atoms with Gasteiger partial charge in [0.05, 0.1) is 0 Å². The van der Waals surface area contributed by atoms with Crippen LogP contribution in [0.15, 0.2) is 122 Å². The first-order valence-electron chi connectivity index (χ1n) is 26.0. The van der Waals surface area contributed by atoms with E-state index in [0.29, 0.717) is 19.3 Å². The first kappa shape index (κ1) is 60.8. The molecular weight excluding hydrogens is 805 g/mol. The van der Waals surface area contributed by atoms with Crippen molar-refractivity contribution in [1.82, 2.24) is 0 Å². The third kappa shape index (κ3) is 50.7. The molecule has 0 amide bonds. The van der Waals surface area contributed by atoms with Crippen LogP contribution in [0.4, 0.5) is 0 Å². The number of hydrogen-bond donors (Lipinski definition) is 0. The first-order chi connectivity index (χ1) is 32.0. The fourth-order valence-corrected chi connectivity index (χ4v) is 6.59. The van der Waals surface area contributed by atoms with Crippen LogP contribution in [0.3, 0.4) is 0 Å². The van der Waals surface area contributed by atoms with Gasteiger partial charge in [-0.2, -0.15) is 0 Å².